The summed E-state index contributed by atoms with van der Waals surface area (Å²) in [6, 6.07) is 6.96. The van der Waals surface area contributed by atoms with Crippen LogP contribution in [-0.4, -0.2) is 48.2 Å². The zero-order chi connectivity index (χ0) is 22.4. The number of hydrogen-bond acceptors (Lipinski definition) is 6. The summed E-state index contributed by atoms with van der Waals surface area (Å²) in [5, 5.41) is 3.13. The summed E-state index contributed by atoms with van der Waals surface area (Å²) in [4.78, 5) is 31.5. The van der Waals surface area contributed by atoms with Crippen molar-refractivity contribution in [1.82, 2.24) is 15.2 Å². The van der Waals surface area contributed by atoms with Crippen LogP contribution >= 0.6 is 22.9 Å². The fraction of sp³-hybridized carbons (Fsp3) is 0.500. The number of amides is 2. The minimum Gasteiger partial charge on any atom is -0.481 e. The number of piperidine rings is 1. The number of aromatic nitrogens is 1. The van der Waals surface area contributed by atoms with Crippen LogP contribution in [0.4, 0.5) is 4.79 Å². The maximum atomic E-state index is 12.8. The van der Waals surface area contributed by atoms with E-state index in [2.05, 4.69) is 10.3 Å². The third kappa shape index (κ3) is 6.58. The van der Waals surface area contributed by atoms with E-state index >= 15 is 0 Å². The van der Waals surface area contributed by atoms with Gasteiger partial charge in [-0.15, -0.1) is 11.3 Å². The SMILES string of the molecule is COc1ccc([C@H](CC2CCN(C(=O)OC(C)C)CC2)NC(=O)c2ccc(Cl)s2)cn1. The van der Waals surface area contributed by atoms with Gasteiger partial charge in [0.25, 0.3) is 5.91 Å². The number of methoxy groups -OCH3 is 1. The van der Waals surface area contributed by atoms with Crippen molar-refractivity contribution in [2.75, 3.05) is 20.2 Å². The van der Waals surface area contributed by atoms with Crippen molar-refractivity contribution in [3.63, 3.8) is 0 Å². The number of halogens is 1. The number of rotatable bonds is 7. The van der Waals surface area contributed by atoms with E-state index in [9.17, 15) is 9.59 Å². The number of pyridine rings is 1. The number of ether oxygens (including phenoxy) is 2. The van der Waals surface area contributed by atoms with Crippen LogP contribution in [0, 0.1) is 5.92 Å². The number of hydrogen-bond donors (Lipinski definition) is 1. The van der Waals surface area contributed by atoms with Crippen molar-refractivity contribution >= 4 is 34.9 Å². The molecule has 0 spiro atoms. The van der Waals surface area contributed by atoms with Crippen LogP contribution in [0.1, 0.15) is 54.4 Å². The summed E-state index contributed by atoms with van der Waals surface area (Å²) in [6.45, 7) is 5.00. The first-order valence-corrected chi connectivity index (χ1v) is 11.6. The molecule has 0 aliphatic carbocycles. The highest BCUT2D eigenvalue weighted by atomic mass is 35.5. The lowest BCUT2D eigenvalue weighted by atomic mass is 9.88. The highest BCUT2D eigenvalue weighted by Crippen LogP contribution is 2.30. The molecule has 1 N–H and O–H groups in total. The first-order chi connectivity index (χ1) is 14.9. The quantitative estimate of drug-likeness (QED) is 0.627. The topological polar surface area (TPSA) is 80.8 Å². The minimum atomic E-state index is -0.257. The average Bonchev–Trinajstić information content (AvgIpc) is 3.20. The Bertz CT molecular complexity index is 879. The molecule has 0 unspecified atom stereocenters. The Balaban J connectivity index is 1.66. The summed E-state index contributed by atoms with van der Waals surface area (Å²) in [5.41, 5.74) is 0.915. The van der Waals surface area contributed by atoms with Crippen LogP contribution in [0.3, 0.4) is 0 Å². The van der Waals surface area contributed by atoms with Gasteiger partial charge < -0.3 is 19.7 Å². The van der Waals surface area contributed by atoms with Crippen molar-refractivity contribution in [1.29, 1.82) is 0 Å². The second kappa shape index (κ2) is 10.8. The van der Waals surface area contributed by atoms with Gasteiger partial charge in [0.05, 0.1) is 28.5 Å². The standard InChI is InChI=1S/C22H28ClN3O4S/c1-14(2)30-22(28)26-10-8-15(9-11-26)12-17(16-4-7-20(29-3)24-13-16)25-21(27)18-5-6-19(23)31-18/h4-7,13-15,17H,8-12H2,1-3H3,(H,25,27)/t17-/m0/s1. The van der Waals surface area contributed by atoms with E-state index in [1.54, 1.807) is 36.4 Å². The summed E-state index contributed by atoms with van der Waals surface area (Å²) in [7, 11) is 1.57. The van der Waals surface area contributed by atoms with Crippen LogP contribution < -0.4 is 10.1 Å². The number of likely N-dealkylation sites (tertiary alicyclic amines) is 1. The van der Waals surface area contributed by atoms with Crippen molar-refractivity contribution in [3.05, 3.63) is 45.2 Å². The largest absolute Gasteiger partial charge is 0.481 e. The molecule has 31 heavy (non-hydrogen) atoms. The molecule has 2 aromatic heterocycles. The first-order valence-electron chi connectivity index (χ1n) is 10.4. The van der Waals surface area contributed by atoms with Crippen molar-refractivity contribution in [2.45, 2.75) is 45.3 Å². The highest BCUT2D eigenvalue weighted by molar-refractivity contribution is 7.18. The molecular weight excluding hydrogens is 438 g/mol. The van der Waals surface area contributed by atoms with E-state index in [-0.39, 0.29) is 24.1 Å². The van der Waals surface area contributed by atoms with Gasteiger partial charge >= 0.3 is 6.09 Å². The molecule has 3 heterocycles. The zero-order valence-electron chi connectivity index (χ0n) is 18.0. The monoisotopic (exact) mass is 465 g/mol. The molecule has 1 aliphatic heterocycles. The number of nitrogens with zero attached hydrogens (tertiary/aromatic N) is 2. The normalized spacial score (nSPS) is 15.6. The second-order valence-corrected chi connectivity index (χ2v) is 9.58. The van der Waals surface area contributed by atoms with E-state index in [1.807, 2.05) is 19.9 Å². The molecule has 0 aromatic carbocycles. The molecular formula is C22H28ClN3O4S. The van der Waals surface area contributed by atoms with Crippen molar-refractivity contribution in [2.24, 2.45) is 5.92 Å². The number of nitrogens with one attached hydrogen (secondary N) is 1. The molecule has 0 saturated carbocycles. The van der Waals surface area contributed by atoms with Gasteiger partial charge in [-0.2, -0.15) is 0 Å². The highest BCUT2D eigenvalue weighted by Gasteiger charge is 2.28. The molecule has 0 radical (unpaired) electrons. The minimum absolute atomic E-state index is 0.127. The first kappa shape index (κ1) is 23.3. The summed E-state index contributed by atoms with van der Waals surface area (Å²) < 4.78 is 11.0. The maximum Gasteiger partial charge on any atom is 0.410 e. The smallest absolute Gasteiger partial charge is 0.410 e. The Labute approximate surface area is 191 Å². The molecule has 1 atom stereocenters. The Kier molecular flexibility index (Phi) is 8.15. The van der Waals surface area contributed by atoms with Crippen molar-refractivity contribution < 1.29 is 19.1 Å². The van der Waals surface area contributed by atoms with Gasteiger partial charge in [-0.05, 0) is 56.7 Å². The van der Waals surface area contributed by atoms with Gasteiger partial charge in [-0.3, -0.25) is 4.79 Å². The van der Waals surface area contributed by atoms with E-state index in [0.29, 0.717) is 34.1 Å². The van der Waals surface area contributed by atoms with Gasteiger partial charge in [-0.1, -0.05) is 17.7 Å². The van der Waals surface area contributed by atoms with Gasteiger partial charge in [0, 0.05) is 25.4 Å². The average molecular weight is 466 g/mol. The van der Waals surface area contributed by atoms with Gasteiger partial charge in [0.1, 0.15) is 0 Å². The van der Waals surface area contributed by atoms with E-state index < -0.39 is 0 Å². The second-order valence-electron chi connectivity index (χ2n) is 7.86. The Morgan fingerprint density at radius 3 is 2.55 bits per heavy atom. The van der Waals surface area contributed by atoms with E-state index in [0.717, 1.165) is 24.8 Å². The fourth-order valence-electron chi connectivity index (χ4n) is 3.62. The van der Waals surface area contributed by atoms with Gasteiger partial charge in [0.15, 0.2) is 0 Å². The predicted octanol–water partition coefficient (Wildman–Crippen LogP) is 4.92. The Hall–Kier alpha value is -2.32. The summed E-state index contributed by atoms with van der Waals surface area (Å²) >= 11 is 7.24. The van der Waals surface area contributed by atoms with E-state index in [4.69, 9.17) is 21.1 Å². The fourth-order valence-corrected chi connectivity index (χ4v) is 4.57. The molecule has 9 heteroatoms. The molecule has 2 aromatic rings. The number of carbonyl (C=O) groups excluding carboxylic acids is 2. The van der Waals surface area contributed by atoms with Crippen LogP contribution in [0.25, 0.3) is 0 Å². The van der Waals surface area contributed by atoms with Crippen LogP contribution in [0.2, 0.25) is 4.34 Å². The van der Waals surface area contributed by atoms with Crippen molar-refractivity contribution in [3.8, 4) is 5.88 Å². The predicted molar refractivity (Wildman–Crippen MR) is 121 cm³/mol. The molecule has 3 rings (SSSR count). The lowest BCUT2D eigenvalue weighted by Gasteiger charge is -2.33. The zero-order valence-corrected chi connectivity index (χ0v) is 19.5. The van der Waals surface area contributed by atoms with Crippen LogP contribution in [0.15, 0.2) is 30.5 Å². The summed E-state index contributed by atoms with van der Waals surface area (Å²) in [6.07, 6.45) is 3.82. The molecule has 2 amide bonds. The Morgan fingerprint density at radius 2 is 2.00 bits per heavy atom. The van der Waals surface area contributed by atoms with Gasteiger partial charge in [-0.25, -0.2) is 9.78 Å². The lowest BCUT2D eigenvalue weighted by Crippen LogP contribution is -2.40. The summed E-state index contributed by atoms with van der Waals surface area (Å²) in [5.74, 6) is 0.730. The van der Waals surface area contributed by atoms with Crippen LogP contribution in [-0.2, 0) is 4.74 Å². The number of carbonyl (C=O) groups is 2. The van der Waals surface area contributed by atoms with Gasteiger partial charge in [0.2, 0.25) is 5.88 Å². The molecule has 1 saturated heterocycles. The molecule has 7 nitrogen and oxygen atoms in total. The van der Waals surface area contributed by atoms with E-state index in [1.165, 1.54) is 11.3 Å². The van der Waals surface area contributed by atoms with Crippen LogP contribution in [0.5, 0.6) is 5.88 Å². The molecule has 0 bridgehead atoms. The molecule has 168 valence electrons. The third-order valence-electron chi connectivity index (χ3n) is 5.25. The number of thiophene rings is 1. The lowest BCUT2D eigenvalue weighted by molar-refractivity contribution is 0.0639. The third-order valence-corrected chi connectivity index (χ3v) is 6.48. The maximum absolute atomic E-state index is 12.8. The molecule has 1 aliphatic rings. The molecule has 1 fully saturated rings. The Morgan fingerprint density at radius 1 is 1.26 bits per heavy atom.